The number of pyridine rings is 1. The quantitative estimate of drug-likeness (QED) is 0.747. The highest BCUT2D eigenvalue weighted by Crippen LogP contribution is 2.25. The Bertz CT molecular complexity index is 850. The number of nitrogens with zero attached hydrogens (tertiary/aromatic N) is 1. The minimum Gasteiger partial charge on any atom is -0.274 e. The Hall–Kier alpha value is -2.79. The van der Waals surface area contributed by atoms with Crippen LogP contribution < -0.4 is 5.48 Å². The number of hydroxylamine groups is 1. The van der Waals surface area contributed by atoms with Crippen LogP contribution in [0, 0.1) is 5.82 Å². The van der Waals surface area contributed by atoms with E-state index < -0.39 is 11.7 Å². The van der Waals surface area contributed by atoms with Gasteiger partial charge in [0.25, 0.3) is 5.91 Å². The molecule has 0 atom stereocenters. The van der Waals surface area contributed by atoms with Gasteiger partial charge in [-0.1, -0.05) is 30.3 Å². The Balaban J connectivity index is 2.18. The summed E-state index contributed by atoms with van der Waals surface area (Å²) < 4.78 is 13.6. The molecule has 2 aromatic carbocycles. The fourth-order valence-electron chi connectivity index (χ4n) is 2.34. The molecule has 1 amide bonds. The van der Waals surface area contributed by atoms with Gasteiger partial charge in [-0.15, -0.1) is 0 Å². The number of rotatable bonds is 4. The van der Waals surface area contributed by atoms with Gasteiger partial charge in [-0.3, -0.25) is 9.63 Å². The molecule has 0 saturated carbocycles. The fourth-order valence-corrected chi connectivity index (χ4v) is 2.34. The van der Waals surface area contributed by atoms with Gasteiger partial charge >= 0.3 is 0 Å². The van der Waals surface area contributed by atoms with E-state index in [-0.39, 0.29) is 0 Å². The minimum absolute atomic E-state index is 0.321. The monoisotopic (exact) mass is 310 g/mol. The first kappa shape index (κ1) is 15.1. The van der Waals surface area contributed by atoms with Gasteiger partial charge in [0.15, 0.2) is 0 Å². The SMILES string of the molecule is CCONC(=O)c1cc(-c2ccccc2)nc2ccc(F)cc12. The second-order valence-electron chi connectivity index (χ2n) is 4.95. The number of hydrogen-bond donors (Lipinski definition) is 1. The molecule has 0 aliphatic rings. The molecule has 4 nitrogen and oxygen atoms in total. The number of benzene rings is 2. The maximum atomic E-state index is 13.6. The van der Waals surface area contributed by atoms with Crippen molar-refractivity contribution in [1.29, 1.82) is 0 Å². The molecule has 0 unspecified atom stereocenters. The van der Waals surface area contributed by atoms with Gasteiger partial charge in [-0.25, -0.2) is 14.9 Å². The van der Waals surface area contributed by atoms with Crippen LogP contribution >= 0.6 is 0 Å². The van der Waals surface area contributed by atoms with Crippen LogP contribution in [0.3, 0.4) is 0 Å². The van der Waals surface area contributed by atoms with E-state index in [0.29, 0.717) is 28.8 Å². The zero-order valence-electron chi connectivity index (χ0n) is 12.5. The Kier molecular flexibility index (Phi) is 4.30. The molecule has 116 valence electrons. The lowest BCUT2D eigenvalue weighted by Crippen LogP contribution is -2.24. The predicted octanol–water partition coefficient (Wildman–Crippen LogP) is 3.72. The van der Waals surface area contributed by atoms with Gasteiger partial charge < -0.3 is 0 Å². The van der Waals surface area contributed by atoms with Gasteiger partial charge in [0.1, 0.15) is 5.82 Å². The van der Waals surface area contributed by atoms with E-state index in [0.717, 1.165) is 5.56 Å². The van der Waals surface area contributed by atoms with Gasteiger partial charge in [-0.2, -0.15) is 0 Å². The van der Waals surface area contributed by atoms with Crippen molar-refractivity contribution >= 4 is 16.8 Å². The molecule has 3 aromatic rings. The zero-order valence-corrected chi connectivity index (χ0v) is 12.5. The number of amides is 1. The summed E-state index contributed by atoms with van der Waals surface area (Å²) in [6.07, 6.45) is 0. The first-order chi connectivity index (χ1) is 11.2. The fraction of sp³-hybridized carbons (Fsp3) is 0.111. The van der Waals surface area contributed by atoms with E-state index in [1.165, 1.54) is 12.1 Å². The number of aromatic nitrogens is 1. The molecule has 3 rings (SSSR count). The number of hydrogen-bond acceptors (Lipinski definition) is 3. The van der Waals surface area contributed by atoms with Crippen LogP contribution in [0.5, 0.6) is 0 Å². The molecule has 0 bridgehead atoms. The molecule has 0 radical (unpaired) electrons. The maximum Gasteiger partial charge on any atom is 0.275 e. The summed E-state index contributed by atoms with van der Waals surface area (Å²) in [5.74, 6) is -0.848. The standard InChI is InChI=1S/C18H15FN2O2/c1-2-23-21-18(22)15-11-17(12-6-4-3-5-7-12)20-16-9-8-13(19)10-14(15)16/h3-11H,2H2,1H3,(H,21,22). The van der Waals surface area contributed by atoms with Crippen LogP contribution in [0.2, 0.25) is 0 Å². The molecule has 0 aliphatic carbocycles. The summed E-state index contributed by atoms with van der Waals surface area (Å²) in [5, 5.41) is 0.446. The third-order valence-corrected chi connectivity index (χ3v) is 3.39. The molecule has 1 heterocycles. The van der Waals surface area contributed by atoms with E-state index in [9.17, 15) is 9.18 Å². The summed E-state index contributed by atoms with van der Waals surface area (Å²) in [4.78, 5) is 21.8. The van der Waals surface area contributed by atoms with Crippen LogP contribution in [0.25, 0.3) is 22.2 Å². The number of halogens is 1. The highest BCUT2D eigenvalue weighted by Gasteiger charge is 2.14. The first-order valence-electron chi connectivity index (χ1n) is 7.27. The molecule has 5 heteroatoms. The maximum absolute atomic E-state index is 13.6. The molecule has 1 aromatic heterocycles. The second-order valence-corrected chi connectivity index (χ2v) is 4.95. The van der Waals surface area contributed by atoms with Crippen molar-refractivity contribution in [3.05, 3.63) is 66.0 Å². The Morgan fingerprint density at radius 1 is 1.17 bits per heavy atom. The van der Waals surface area contributed by atoms with Crippen molar-refractivity contribution in [2.45, 2.75) is 6.92 Å². The minimum atomic E-state index is -0.429. The van der Waals surface area contributed by atoms with E-state index in [4.69, 9.17) is 4.84 Å². The highest BCUT2D eigenvalue weighted by atomic mass is 19.1. The topological polar surface area (TPSA) is 51.2 Å². The summed E-state index contributed by atoms with van der Waals surface area (Å²) in [6.45, 7) is 2.11. The van der Waals surface area contributed by atoms with Crippen LogP contribution in [0.1, 0.15) is 17.3 Å². The normalized spacial score (nSPS) is 10.7. The number of carbonyl (C=O) groups is 1. The van der Waals surface area contributed by atoms with Crippen molar-refractivity contribution in [3.8, 4) is 11.3 Å². The lowest BCUT2D eigenvalue weighted by atomic mass is 10.0. The molecule has 0 saturated heterocycles. The third-order valence-electron chi connectivity index (χ3n) is 3.39. The van der Waals surface area contributed by atoms with Crippen molar-refractivity contribution in [2.24, 2.45) is 0 Å². The molecule has 23 heavy (non-hydrogen) atoms. The summed E-state index contributed by atoms with van der Waals surface area (Å²) in [5.41, 5.74) is 4.74. The largest absolute Gasteiger partial charge is 0.275 e. The number of fused-ring (bicyclic) bond motifs is 1. The molecular weight excluding hydrogens is 295 g/mol. The van der Waals surface area contributed by atoms with Crippen molar-refractivity contribution in [1.82, 2.24) is 10.5 Å². The second kappa shape index (κ2) is 6.54. The van der Waals surface area contributed by atoms with Crippen molar-refractivity contribution in [2.75, 3.05) is 6.61 Å². The average molecular weight is 310 g/mol. The number of carbonyl (C=O) groups excluding carboxylic acids is 1. The Labute approximate surface area is 132 Å². The van der Waals surface area contributed by atoms with E-state index in [1.807, 2.05) is 30.3 Å². The molecule has 0 aliphatic heterocycles. The van der Waals surface area contributed by atoms with Crippen molar-refractivity contribution < 1.29 is 14.0 Å². The van der Waals surface area contributed by atoms with Crippen LogP contribution in [-0.2, 0) is 4.84 Å². The molecule has 1 N–H and O–H groups in total. The van der Waals surface area contributed by atoms with Gasteiger partial charge in [0.2, 0.25) is 0 Å². The van der Waals surface area contributed by atoms with Gasteiger partial charge in [0, 0.05) is 10.9 Å². The summed E-state index contributed by atoms with van der Waals surface area (Å²) in [7, 11) is 0. The lowest BCUT2D eigenvalue weighted by Gasteiger charge is -2.10. The average Bonchev–Trinajstić information content (AvgIpc) is 2.59. The summed E-state index contributed by atoms with van der Waals surface area (Å²) >= 11 is 0. The third kappa shape index (κ3) is 3.19. The molecule has 0 fully saturated rings. The molecule has 0 spiro atoms. The lowest BCUT2D eigenvalue weighted by molar-refractivity contribution is 0.0366. The Morgan fingerprint density at radius 2 is 1.96 bits per heavy atom. The smallest absolute Gasteiger partial charge is 0.274 e. The van der Waals surface area contributed by atoms with Crippen LogP contribution in [-0.4, -0.2) is 17.5 Å². The summed E-state index contributed by atoms with van der Waals surface area (Å²) in [6, 6.07) is 15.3. The van der Waals surface area contributed by atoms with Crippen molar-refractivity contribution in [3.63, 3.8) is 0 Å². The first-order valence-corrected chi connectivity index (χ1v) is 7.27. The van der Waals surface area contributed by atoms with Crippen LogP contribution in [0.15, 0.2) is 54.6 Å². The predicted molar refractivity (Wildman–Crippen MR) is 86.2 cm³/mol. The Morgan fingerprint density at radius 3 is 2.70 bits per heavy atom. The number of nitrogens with one attached hydrogen (secondary N) is 1. The van der Waals surface area contributed by atoms with E-state index in [1.54, 1.807) is 19.1 Å². The van der Waals surface area contributed by atoms with Crippen LogP contribution in [0.4, 0.5) is 4.39 Å². The van der Waals surface area contributed by atoms with Gasteiger partial charge in [0.05, 0.1) is 23.4 Å². The zero-order chi connectivity index (χ0) is 16.2. The van der Waals surface area contributed by atoms with Gasteiger partial charge in [-0.05, 0) is 31.2 Å². The highest BCUT2D eigenvalue weighted by molar-refractivity contribution is 6.06. The van der Waals surface area contributed by atoms with E-state index >= 15 is 0 Å². The van der Waals surface area contributed by atoms with E-state index in [2.05, 4.69) is 10.5 Å². The molecular formula is C18H15FN2O2.